The van der Waals surface area contributed by atoms with E-state index in [0.29, 0.717) is 6.29 Å². The Balaban J connectivity index is 2.81. The second kappa shape index (κ2) is 7.72. The van der Waals surface area contributed by atoms with Gasteiger partial charge < -0.3 is 24.4 Å². The van der Waals surface area contributed by atoms with Gasteiger partial charge in [-0.2, -0.15) is 0 Å². The third-order valence-corrected chi connectivity index (χ3v) is 2.77. The Hall–Kier alpha value is -1.96. The molecule has 0 heterocycles. The third-order valence-electron chi connectivity index (χ3n) is 2.77. The van der Waals surface area contributed by atoms with Crippen LogP contribution < -0.4 is 4.74 Å². The minimum atomic E-state index is -2.29. The molecule has 2 atom stereocenters. The van der Waals surface area contributed by atoms with Gasteiger partial charge in [-0.25, -0.2) is 4.79 Å². The normalized spacial score (nSPS) is 14.9. The molecule has 116 valence electrons. The molecule has 0 spiro atoms. The number of carbonyl (C=O) groups is 2. The van der Waals surface area contributed by atoms with Crippen LogP contribution in [0.5, 0.6) is 5.75 Å². The Kier molecular flexibility index (Phi) is 6.29. The maximum atomic E-state index is 11.5. The molecule has 0 fully saturated rings. The number of aliphatic hydroxyl groups is 2. The number of rotatable bonds is 8. The van der Waals surface area contributed by atoms with E-state index in [4.69, 9.17) is 9.47 Å². The standard InChI is InChI=1S/C14H18O7/c1-3-20-13(17)12(16)14(18,19-2)9-21-11-7-5-4-6-10(11)8-15/h4-8,12,16,18H,3,9H2,1-2H3. The van der Waals surface area contributed by atoms with E-state index in [0.717, 1.165) is 7.11 Å². The van der Waals surface area contributed by atoms with Gasteiger partial charge in [0.1, 0.15) is 12.4 Å². The second-order valence-electron chi connectivity index (χ2n) is 4.15. The lowest BCUT2D eigenvalue weighted by Crippen LogP contribution is -2.53. The van der Waals surface area contributed by atoms with Gasteiger partial charge >= 0.3 is 5.97 Å². The first-order chi connectivity index (χ1) is 9.98. The summed E-state index contributed by atoms with van der Waals surface area (Å²) in [5.74, 6) is -3.13. The first kappa shape index (κ1) is 17.1. The van der Waals surface area contributed by atoms with Gasteiger partial charge in [-0.3, -0.25) is 4.79 Å². The number of hydrogen-bond acceptors (Lipinski definition) is 7. The largest absolute Gasteiger partial charge is 0.487 e. The number of esters is 1. The fourth-order valence-electron chi connectivity index (χ4n) is 1.55. The Morgan fingerprint density at radius 1 is 1.43 bits per heavy atom. The van der Waals surface area contributed by atoms with E-state index in [2.05, 4.69) is 4.74 Å². The molecule has 0 saturated heterocycles. The van der Waals surface area contributed by atoms with E-state index in [1.54, 1.807) is 19.1 Å². The average molecular weight is 298 g/mol. The summed E-state index contributed by atoms with van der Waals surface area (Å²) in [6.45, 7) is 1.05. The minimum absolute atomic E-state index is 0.0462. The third kappa shape index (κ3) is 4.25. The number of hydrogen-bond donors (Lipinski definition) is 2. The van der Waals surface area contributed by atoms with Crippen molar-refractivity contribution in [3.05, 3.63) is 29.8 Å². The molecule has 1 rings (SSSR count). The fourth-order valence-corrected chi connectivity index (χ4v) is 1.55. The number of ether oxygens (including phenoxy) is 3. The van der Waals surface area contributed by atoms with Crippen LogP contribution in [0.2, 0.25) is 0 Å². The molecule has 0 bridgehead atoms. The number of benzene rings is 1. The first-order valence-electron chi connectivity index (χ1n) is 6.27. The smallest absolute Gasteiger partial charge is 0.340 e. The van der Waals surface area contributed by atoms with Crippen molar-refractivity contribution >= 4 is 12.3 Å². The number of aliphatic hydroxyl groups excluding tert-OH is 1. The Labute approximate surface area is 122 Å². The van der Waals surface area contributed by atoms with E-state index in [1.807, 2.05) is 0 Å². The monoisotopic (exact) mass is 298 g/mol. The van der Waals surface area contributed by atoms with Gasteiger partial charge in [-0.1, -0.05) is 12.1 Å². The van der Waals surface area contributed by atoms with E-state index in [-0.39, 0.29) is 17.9 Å². The van der Waals surface area contributed by atoms with Crippen molar-refractivity contribution in [2.45, 2.75) is 18.8 Å². The summed E-state index contributed by atoms with van der Waals surface area (Å²) >= 11 is 0. The molecule has 0 aliphatic heterocycles. The van der Waals surface area contributed by atoms with Crippen molar-refractivity contribution in [3.8, 4) is 5.75 Å². The summed E-state index contributed by atoms with van der Waals surface area (Å²) in [4.78, 5) is 22.3. The molecule has 7 heteroatoms. The highest BCUT2D eigenvalue weighted by atomic mass is 16.7. The van der Waals surface area contributed by atoms with Gasteiger partial charge in [0, 0.05) is 7.11 Å². The van der Waals surface area contributed by atoms with Gasteiger partial charge in [0.2, 0.25) is 11.9 Å². The Morgan fingerprint density at radius 3 is 2.67 bits per heavy atom. The van der Waals surface area contributed by atoms with Crippen molar-refractivity contribution in [3.63, 3.8) is 0 Å². The zero-order valence-corrected chi connectivity index (χ0v) is 11.8. The Morgan fingerprint density at radius 2 is 2.10 bits per heavy atom. The molecule has 0 amide bonds. The number of carbonyl (C=O) groups excluding carboxylic acids is 2. The molecule has 0 saturated carbocycles. The number of para-hydroxylation sites is 1. The molecule has 1 aromatic rings. The molecule has 0 radical (unpaired) electrons. The molecule has 1 aromatic carbocycles. The maximum Gasteiger partial charge on any atom is 0.340 e. The molecule has 7 nitrogen and oxygen atoms in total. The lowest BCUT2D eigenvalue weighted by atomic mass is 10.1. The summed E-state index contributed by atoms with van der Waals surface area (Å²) in [7, 11) is 1.11. The highest BCUT2D eigenvalue weighted by molar-refractivity contribution is 5.79. The van der Waals surface area contributed by atoms with Crippen LogP contribution in [0.3, 0.4) is 0 Å². The topological polar surface area (TPSA) is 102 Å². The summed E-state index contributed by atoms with van der Waals surface area (Å²) < 4.78 is 14.6. The van der Waals surface area contributed by atoms with Crippen LogP contribution in [0.1, 0.15) is 17.3 Å². The van der Waals surface area contributed by atoms with Gasteiger partial charge in [0.15, 0.2) is 6.29 Å². The molecule has 0 aliphatic carbocycles. The van der Waals surface area contributed by atoms with Crippen molar-refractivity contribution < 1.29 is 34.0 Å². The number of methoxy groups -OCH3 is 1. The predicted molar refractivity (Wildman–Crippen MR) is 71.9 cm³/mol. The fraction of sp³-hybridized carbons (Fsp3) is 0.429. The number of aldehydes is 1. The summed E-state index contributed by atoms with van der Waals surface area (Å²) in [6.07, 6.45) is -1.35. The summed E-state index contributed by atoms with van der Waals surface area (Å²) in [5.41, 5.74) is 0.265. The molecular weight excluding hydrogens is 280 g/mol. The zero-order chi connectivity index (χ0) is 15.9. The summed E-state index contributed by atoms with van der Waals surface area (Å²) in [5, 5.41) is 19.9. The average Bonchev–Trinajstić information content (AvgIpc) is 2.52. The van der Waals surface area contributed by atoms with Gasteiger partial charge in [-0.15, -0.1) is 0 Å². The van der Waals surface area contributed by atoms with Crippen molar-refractivity contribution in [1.29, 1.82) is 0 Å². The van der Waals surface area contributed by atoms with Crippen LogP contribution in [0.15, 0.2) is 24.3 Å². The van der Waals surface area contributed by atoms with E-state index in [9.17, 15) is 19.8 Å². The van der Waals surface area contributed by atoms with Crippen molar-refractivity contribution in [2.75, 3.05) is 20.3 Å². The maximum absolute atomic E-state index is 11.5. The molecule has 2 unspecified atom stereocenters. The van der Waals surface area contributed by atoms with Crippen LogP contribution >= 0.6 is 0 Å². The lowest BCUT2D eigenvalue weighted by molar-refractivity contribution is -0.257. The second-order valence-corrected chi connectivity index (χ2v) is 4.15. The first-order valence-corrected chi connectivity index (χ1v) is 6.27. The SMILES string of the molecule is CCOC(=O)C(O)C(O)(COc1ccccc1C=O)OC. The predicted octanol–water partition coefficient (Wildman–Crippen LogP) is 0.137. The van der Waals surface area contributed by atoms with Crippen LogP contribution in [0.4, 0.5) is 0 Å². The van der Waals surface area contributed by atoms with E-state index in [1.165, 1.54) is 12.1 Å². The van der Waals surface area contributed by atoms with E-state index < -0.39 is 24.5 Å². The van der Waals surface area contributed by atoms with Gasteiger partial charge in [-0.05, 0) is 19.1 Å². The minimum Gasteiger partial charge on any atom is -0.487 e. The van der Waals surface area contributed by atoms with Crippen molar-refractivity contribution in [1.82, 2.24) is 0 Å². The molecule has 0 aliphatic rings. The molecule has 0 aromatic heterocycles. The lowest BCUT2D eigenvalue weighted by Gasteiger charge is -2.29. The zero-order valence-electron chi connectivity index (χ0n) is 11.8. The molecular formula is C14H18O7. The van der Waals surface area contributed by atoms with Crippen LogP contribution in [0.25, 0.3) is 0 Å². The van der Waals surface area contributed by atoms with Gasteiger partial charge in [0.25, 0.3) is 0 Å². The van der Waals surface area contributed by atoms with Crippen molar-refractivity contribution in [2.24, 2.45) is 0 Å². The van der Waals surface area contributed by atoms with Crippen LogP contribution in [0, 0.1) is 0 Å². The Bertz CT molecular complexity index is 488. The highest BCUT2D eigenvalue weighted by Crippen LogP contribution is 2.20. The summed E-state index contributed by atoms with van der Waals surface area (Å²) in [6, 6.07) is 6.31. The van der Waals surface area contributed by atoms with E-state index >= 15 is 0 Å². The highest BCUT2D eigenvalue weighted by Gasteiger charge is 2.43. The van der Waals surface area contributed by atoms with Crippen LogP contribution in [-0.2, 0) is 14.3 Å². The van der Waals surface area contributed by atoms with Crippen LogP contribution in [-0.4, -0.2) is 54.7 Å². The quantitative estimate of drug-likeness (QED) is 0.400. The molecule has 21 heavy (non-hydrogen) atoms. The molecule has 2 N–H and O–H groups in total. The van der Waals surface area contributed by atoms with Gasteiger partial charge in [0.05, 0.1) is 12.2 Å².